The predicted octanol–water partition coefficient (Wildman–Crippen LogP) is 1.47. The second-order valence-corrected chi connectivity index (χ2v) is 4.30. The minimum absolute atomic E-state index is 0.471. The molecule has 64 valence electrons. The van der Waals surface area contributed by atoms with Crippen LogP contribution in [0.15, 0.2) is 0 Å². The fourth-order valence-electron chi connectivity index (χ4n) is 1.75. The van der Waals surface area contributed by atoms with E-state index in [0.29, 0.717) is 5.41 Å². The molecule has 3 heteroatoms. The second-order valence-electron chi connectivity index (χ2n) is 3.53. The number of halogens is 1. The topological polar surface area (TPSA) is 18.5 Å². The first-order valence-corrected chi connectivity index (χ1v) is 5.61. The van der Waals surface area contributed by atoms with Crippen LogP contribution < -0.4 is 0 Å². The van der Waals surface area contributed by atoms with Crippen molar-refractivity contribution in [1.29, 1.82) is 0 Å². The highest BCUT2D eigenvalue weighted by Gasteiger charge is 2.44. The van der Waals surface area contributed by atoms with Crippen molar-refractivity contribution in [1.82, 2.24) is 0 Å². The van der Waals surface area contributed by atoms with Crippen molar-refractivity contribution >= 4 is 22.6 Å². The van der Waals surface area contributed by atoms with Gasteiger partial charge in [0.25, 0.3) is 0 Å². The molecule has 2 nitrogen and oxygen atoms in total. The zero-order valence-corrected chi connectivity index (χ0v) is 8.67. The summed E-state index contributed by atoms with van der Waals surface area (Å²) in [7, 11) is 0. The Kier molecular flexibility index (Phi) is 2.39. The third-order valence-corrected chi connectivity index (χ3v) is 4.42. The second kappa shape index (κ2) is 3.18. The Hall–Kier alpha value is 0.650. The molecule has 0 bridgehead atoms. The summed E-state index contributed by atoms with van der Waals surface area (Å²) in [5.41, 5.74) is 0.471. The van der Waals surface area contributed by atoms with Crippen molar-refractivity contribution < 1.29 is 9.47 Å². The minimum atomic E-state index is 0.471. The van der Waals surface area contributed by atoms with Gasteiger partial charge in [0, 0.05) is 22.4 Å². The first kappa shape index (κ1) is 8.26. The molecule has 2 heterocycles. The van der Waals surface area contributed by atoms with Crippen LogP contribution in [0, 0.1) is 11.3 Å². The number of hydrogen-bond acceptors (Lipinski definition) is 2. The van der Waals surface area contributed by atoms with E-state index in [4.69, 9.17) is 9.47 Å². The predicted molar refractivity (Wildman–Crippen MR) is 51.1 cm³/mol. The Morgan fingerprint density at radius 3 is 2.55 bits per heavy atom. The zero-order valence-electron chi connectivity index (χ0n) is 6.51. The summed E-state index contributed by atoms with van der Waals surface area (Å²) in [6.45, 7) is 3.85. The highest BCUT2D eigenvalue weighted by molar-refractivity contribution is 14.1. The monoisotopic (exact) mass is 268 g/mol. The summed E-state index contributed by atoms with van der Waals surface area (Å²) in [5.74, 6) is 0.780. The van der Waals surface area contributed by atoms with E-state index in [2.05, 4.69) is 22.6 Å². The van der Waals surface area contributed by atoms with Gasteiger partial charge in [0.05, 0.1) is 19.8 Å². The average molecular weight is 268 g/mol. The SMILES string of the molecule is ICC1(C2COC2)CCOC1. The fourth-order valence-corrected chi connectivity index (χ4v) is 2.97. The normalized spacial score (nSPS) is 39.0. The van der Waals surface area contributed by atoms with Crippen molar-refractivity contribution in [2.45, 2.75) is 6.42 Å². The van der Waals surface area contributed by atoms with Gasteiger partial charge in [-0.2, -0.15) is 0 Å². The van der Waals surface area contributed by atoms with Crippen molar-refractivity contribution in [3.63, 3.8) is 0 Å². The summed E-state index contributed by atoms with van der Waals surface area (Å²) >= 11 is 2.48. The van der Waals surface area contributed by atoms with E-state index < -0.39 is 0 Å². The molecule has 2 aliphatic rings. The van der Waals surface area contributed by atoms with E-state index in [-0.39, 0.29) is 0 Å². The molecule has 0 radical (unpaired) electrons. The Labute approximate surface area is 80.8 Å². The van der Waals surface area contributed by atoms with Crippen LogP contribution in [0.5, 0.6) is 0 Å². The molecule has 2 aliphatic heterocycles. The molecule has 2 saturated heterocycles. The van der Waals surface area contributed by atoms with Gasteiger partial charge in [-0.25, -0.2) is 0 Å². The van der Waals surface area contributed by atoms with Gasteiger partial charge in [-0.15, -0.1) is 0 Å². The van der Waals surface area contributed by atoms with Gasteiger partial charge < -0.3 is 9.47 Å². The molecule has 0 aliphatic carbocycles. The van der Waals surface area contributed by atoms with E-state index in [1.165, 1.54) is 10.8 Å². The maximum atomic E-state index is 5.45. The molecule has 0 aromatic heterocycles. The molecule has 2 fully saturated rings. The van der Waals surface area contributed by atoms with Crippen LogP contribution in [-0.4, -0.2) is 30.9 Å². The summed E-state index contributed by atoms with van der Waals surface area (Å²) in [6, 6.07) is 0. The molecule has 0 saturated carbocycles. The third kappa shape index (κ3) is 1.31. The van der Waals surface area contributed by atoms with Crippen LogP contribution in [0.2, 0.25) is 0 Å². The molecule has 11 heavy (non-hydrogen) atoms. The molecule has 0 aromatic carbocycles. The van der Waals surface area contributed by atoms with E-state index in [9.17, 15) is 0 Å². The summed E-state index contributed by atoms with van der Waals surface area (Å²) in [6.07, 6.45) is 1.24. The molecule has 2 rings (SSSR count). The quantitative estimate of drug-likeness (QED) is 0.558. The Morgan fingerprint density at radius 1 is 1.36 bits per heavy atom. The smallest absolute Gasteiger partial charge is 0.0535 e. The van der Waals surface area contributed by atoms with E-state index in [0.717, 1.165) is 32.3 Å². The largest absolute Gasteiger partial charge is 0.381 e. The first-order chi connectivity index (χ1) is 5.37. The third-order valence-electron chi connectivity index (χ3n) is 2.90. The summed E-state index contributed by atoms with van der Waals surface area (Å²) in [5, 5.41) is 0. The maximum absolute atomic E-state index is 5.45. The lowest BCUT2D eigenvalue weighted by Gasteiger charge is -2.40. The minimum Gasteiger partial charge on any atom is -0.381 e. The lowest BCUT2D eigenvalue weighted by molar-refractivity contribution is -0.0915. The summed E-state index contributed by atoms with van der Waals surface area (Å²) in [4.78, 5) is 0. The van der Waals surface area contributed by atoms with Gasteiger partial charge in [0.15, 0.2) is 0 Å². The number of hydrogen-bond donors (Lipinski definition) is 0. The van der Waals surface area contributed by atoms with Gasteiger partial charge in [0.1, 0.15) is 0 Å². The molecule has 1 atom stereocenters. The Bertz CT molecular complexity index is 139. The number of rotatable bonds is 2. The van der Waals surface area contributed by atoms with Crippen molar-refractivity contribution in [3.8, 4) is 0 Å². The molecule has 0 amide bonds. The van der Waals surface area contributed by atoms with Gasteiger partial charge in [-0.3, -0.25) is 0 Å². The lowest BCUT2D eigenvalue weighted by Crippen LogP contribution is -2.45. The van der Waals surface area contributed by atoms with Gasteiger partial charge in [-0.1, -0.05) is 22.6 Å². The van der Waals surface area contributed by atoms with E-state index in [1.54, 1.807) is 0 Å². The Balaban J connectivity index is 2.02. The van der Waals surface area contributed by atoms with Crippen molar-refractivity contribution in [2.24, 2.45) is 11.3 Å². The Morgan fingerprint density at radius 2 is 2.18 bits per heavy atom. The van der Waals surface area contributed by atoms with Crippen LogP contribution in [0.1, 0.15) is 6.42 Å². The highest BCUT2D eigenvalue weighted by Crippen LogP contribution is 2.41. The van der Waals surface area contributed by atoms with Gasteiger partial charge >= 0.3 is 0 Å². The van der Waals surface area contributed by atoms with Crippen molar-refractivity contribution in [2.75, 3.05) is 30.9 Å². The van der Waals surface area contributed by atoms with Crippen LogP contribution in [0.3, 0.4) is 0 Å². The van der Waals surface area contributed by atoms with E-state index in [1.807, 2.05) is 0 Å². The van der Waals surface area contributed by atoms with Gasteiger partial charge in [-0.05, 0) is 6.42 Å². The molecule has 0 N–H and O–H groups in total. The molecular weight excluding hydrogens is 255 g/mol. The van der Waals surface area contributed by atoms with Crippen LogP contribution in [-0.2, 0) is 9.47 Å². The molecule has 1 unspecified atom stereocenters. The van der Waals surface area contributed by atoms with Crippen molar-refractivity contribution in [3.05, 3.63) is 0 Å². The molecule has 0 spiro atoms. The molecular formula is C8H13IO2. The zero-order chi connectivity index (χ0) is 7.73. The standard InChI is InChI=1S/C8H13IO2/c9-5-8(1-2-10-6-8)7-3-11-4-7/h7H,1-6H2. The van der Waals surface area contributed by atoms with Crippen LogP contribution >= 0.6 is 22.6 Å². The number of alkyl halides is 1. The first-order valence-electron chi connectivity index (χ1n) is 4.09. The van der Waals surface area contributed by atoms with E-state index >= 15 is 0 Å². The number of ether oxygens (including phenoxy) is 2. The maximum Gasteiger partial charge on any atom is 0.0535 e. The fraction of sp³-hybridized carbons (Fsp3) is 1.00. The average Bonchev–Trinajstić information content (AvgIpc) is 2.34. The van der Waals surface area contributed by atoms with Crippen LogP contribution in [0.25, 0.3) is 0 Å². The summed E-state index contributed by atoms with van der Waals surface area (Å²) < 4.78 is 11.9. The highest BCUT2D eigenvalue weighted by atomic mass is 127. The molecule has 0 aromatic rings. The van der Waals surface area contributed by atoms with Crippen LogP contribution in [0.4, 0.5) is 0 Å². The van der Waals surface area contributed by atoms with Gasteiger partial charge in [0.2, 0.25) is 0 Å². The lowest BCUT2D eigenvalue weighted by atomic mass is 9.75.